The topological polar surface area (TPSA) is 87.5 Å². The highest BCUT2D eigenvalue weighted by Crippen LogP contribution is 2.27. The zero-order valence-electron chi connectivity index (χ0n) is 16.1. The van der Waals surface area contributed by atoms with Gasteiger partial charge in [-0.15, -0.1) is 0 Å². The van der Waals surface area contributed by atoms with Gasteiger partial charge in [0.25, 0.3) is 0 Å². The zero-order valence-corrected chi connectivity index (χ0v) is 16.9. The predicted octanol–water partition coefficient (Wildman–Crippen LogP) is 1.12. The first-order valence-electron chi connectivity index (χ1n) is 8.91. The number of anilines is 1. The number of hydrogen-bond donors (Lipinski definition) is 1. The highest BCUT2D eigenvalue weighted by molar-refractivity contribution is 7.88. The van der Waals surface area contributed by atoms with Gasteiger partial charge < -0.3 is 14.4 Å². The normalized spacial score (nSPS) is 18.1. The molecule has 0 saturated carbocycles. The lowest BCUT2D eigenvalue weighted by atomic mass is 10.0. The van der Waals surface area contributed by atoms with Crippen molar-refractivity contribution in [3.63, 3.8) is 0 Å². The molecule has 1 N–H and O–H groups in total. The van der Waals surface area contributed by atoms with E-state index in [1.807, 2.05) is 19.0 Å². The molecule has 0 radical (unpaired) electrons. The van der Waals surface area contributed by atoms with Crippen molar-refractivity contribution in [2.24, 2.45) is 0 Å². The number of halogens is 1. The molecule has 1 saturated heterocycles. The van der Waals surface area contributed by atoms with Crippen LogP contribution in [-0.2, 0) is 21.4 Å². The van der Waals surface area contributed by atoms with Gasteiger partial charge in [-0.25, -0.2) is 22.5 Å². The molecule has 2 heterocycles. The monoisotopic (exact) mass is 409 g/mol. The lowest BCUT2D eigenvalue weighted by Crippen LogP contribution is -2.52. The van der Waals surface area contributed by atoms with Gasteiger partial charge in [0.2, 0.25) is 15.9 Å². The van der Waals surface area contributed by atoms with Gasteiger partial charge in [0.15, 0.2) is 0 Å². The van der Waals surface area contributed by atoms with Crippen LogP contribution in [-0.4, -0.2) is 61.7 Å². The highest BCUT2D eigenvalue weighted by atomic mass is 32.2. The second-order valence-corrected chi connectivity index (χ2v) is 8.94. The van der Waals surface area contributed by atoms with Crippen molar-refractivity contribution in [1.82, 2.24) is 19.2 Å². The summed E-state index contributed by atoms with van der Waals surface area (Å²) in [7, 11) is 0.315. The Morgan fingerprint density at radius 3 is 2.75 bits per heavy atom. The third-order valence-corrected chi connectivity index (χ3v) is 5.18. The number of nitrogens with zero attached hydrogens (tertiary/aromatic N) is 4. The van der Waals surface area contributed by atoms with Crippen molar-refractivity contribution in [2.45, 2.75) is 25.4 Å². The summed E-state index contributed by atoms with van der Waals surface area (Å²) in [6.07, 6.45) is 5.39. The molecule has 1 amide bonds. The standard InChI is InChI=1S/C18H24FN5O3S/c1-22(2)12-17-20-8-10-23(17)13-6-7-16(14(19)11-13)24-9-4-5-15(18(24)25)21-28(3,26)27/h6-8,10-11,15,21H,4-5,9,12H2,1-3H3. The van der Waals surface area contributed by atoms with Gasteiger partial charge in [0, 0.05) is 30.7 Å². The molecule has 1 aromatic heterocycles. The van der Waals surface area contributed by atoms with E-state index in [4.69, 9.17) is 0 Å². The summed E-state index contributed by atoms with van der Waals surface area (Å²) >= 11 is 0. The predicted molar refractivity (Wildman–Crippen MR) is 104 cm³/mol. The SMILES string of the molecule is CN(C)Cc1nccn1-c1ccc(N2CCCC(NS(C)(=O)=O)C2=O)c(F)c1. The molecule has 1 aliphatic rings. The van der Waals surface area contributed by atoms with E-state index in [1.54, 1.807) is 29.1 Å². The number of piperidine rings is 1. The number of rotatable bonds is 6. The minimum absolute atomic E-state index is 0.142. The Kier molecular flexibility index (Phi) is 5.82. The third kappa shape index (κ3) is 4.57. The van der Waals surface area contributed by atoms with Gasteiger partial charge in [-0.2, -0.15) is 0 Å². The number of nitrogens with one attached hydrogen (secondary N) is 1. The van der Waals surface area contributed by atoms with Crippen LogP contribution in [0.3, 0.4) is 0 Å². The van der Waals surface area contributed by atoms with Crippen molar-refractivity contribution in [3.8, 4) is 5.69 Å². The quantitative estimate of drug-likeness (QED) is 0.773. The van der Waals surface area contributed by atoms with Crippen LogP contribution in [0.5, 0.6) is 0 Å². The van der Waals surface area contributed by atoms with Crippen LogP contribution in [0.1, 0.15) is 18.7 Å². The Hall–Kier alpha value is -2.30. The fourth-order valence-electron chi connectivity index (χ4n) is 3.32. The number of sulfonamides is 1. The molecule has 1 atom stereocenters. The number of carbonyl (C=O) groups excluding carboxylic acids is 1. The first-order chi connectivity index (χ1) is 13.2. The summed E-state index contributed by atoms with van der Waals surface area (Å²) in [6.45, 7) is 0.938. The van der Waals surface area contributed by atoms with Crippen molar-refractivity contribution >= 4 is 21.6 Å². The summed E-state index contributed by atoms with van der Waals surface area (Å²) in [4.78, 5) is 20.2. The molecular weight excluding hydrogens is 385 g/mol. The van der Waals surface area contributed by atoms with Crippen molar-refractivity contribution in [1.29, 1.82) is 0 Å². The van der Waals surface area contributed by atoms with Gasteiger partial charge in [-0.3, -0.25) is 4.79 Å². The summed E-state index contributed by atoms with van der Waals surface area (Å²) < 4.78 is 41.9. The van der Waals surface area contributed by atoms with Crippen LogP contribution >= 0.6 is 0 Å². The van der Waals surface area contributed by atoms with E-state index in [2.05, 4.69) is 9.71 Å². The van der Waals surface area contributed by atoms with Gasteiger partial charge in [-0.1, -0.05) is 0 Å². The Morgan fingerprint density at radius 2 is 2.11 bits per heavy atom. The molecule has 1 aromatic carbocycles. The average Bonchev–Trinajstić information content (AvgIpc) is 3.03. The van der Waals surface area contributed by atoms with Crippen LogP contribution in [0.4, 0.5) is 10.1 Å². The lowest BCUT2D eigenvalue weighted by molar-refractivity contribution is -0.121. The van der Waals surface area contributed by atoms with Gasteiger partial charge >= 0.3 is 0 Å². The zero-order chi connectivity index (χ0) is 20.5. The Morgan fingerprint density at radius 1 is 1.36 bits per heavy atom. The summed E-state index contributed by atoms with van der Waals surface area (Å²) in [6, 6.07) is 3.75. The fourth-order valence-corrected chi connectivity index (χ4v) is 4.05. The van der Waals surface area contributed by atoms with Crippen LogP contribution in [0.15, 0.2) is 30.6 Å². The fraction of sp³-hybridized carbons (Fsp3) is 0.444. The maximum absolute atomic E-state index is 14.9. The molecule has 152 valence electrons. The lowest BCUT2D eigenvalue weighted by Gasteiger charge is -2.32. The highest BCUT2D eigenvalue weighted by Gasteiger charge is 2.32. The molecule has 1 unspecified atom stereocenters. The van der Waals surface area contributed by atoms with Gasteiger partial charge in [0.1, 0.15) is 17.7 Å². The van der Waals surface area contributed by atoms with Crippen molar-refractivity contribution in [3.05, 3.63) is 42.2 Å². The first kappa shape index (κ1) is 20.4. The molecule has 1 aliphatic heterocycles. The van der Waals surface area contributed by atoms with E-state index >= 15 is 0 Å². The van der Waals surface area contributed by atoms with Crippen LogP contribution in [0.2, 0.25) is 0 Å². The number of imidazole rings is 1. The number of carbonyl (C=O) groups is 1. The molecule has 10 heteroatoms. The van der Waals surface area contributed by atoms with Crippen LogP contribution in [0, 0.1) is 5.82 Å². The number of aromatic nitrogens is 2. The first-order valence-corrected chi connectivity index (χ1v) is 10.8. The minimum Gasteiger partial charge on any atom is -0.308 e. The van der Waals surface area contributed by atoms with Crippen LogP contribution in [0.25, 0.3) is 5.69 Å². The summed E-state index contributed by atoms with van der Waals surface area (Å²) in [5.74, 6) is -0.224. The smallest absolute Gasteiger partial charge is 0.245 e. The summed E-state index contributed by atoms with van der Waals surface area (Å²) in [5.41, 5.74) is 0.744. The molecule has 2 aromatic rings. The van der Waals surface area contributed by atoms with Crippen molar-refractivity contribution in [2.75, 3.05) is 31.8 Å². The minimum atomic E-state index is -3.53. The number of hydrogen-bond acceptors (Lipinski definition) is 5. The Balaban J connectivity index is 1.86. The third-order valence-electron chi connectivity index (χ3n) is 4.47. The molecule has 8 nitrogen and oxygen atoms in total. The molecular formula is C18H24FN5O3S. The largest absolute Gasteiger partial charge is 0.308 e. The van der Waals surface area contributed by atoms with E-state index in [1.165, 1.54) is 11.0 Å². The van der Waals surface area contributed by atoms with E-state index in [9.17, 15) is 17.6 Å². The van der Waals surface area contributed by atoms with Crippen molar-refractivity contribution < 1.29 is 17.6 Å². The van der Waals surface area contributed by atoms with Gasteiger partial charge in [-0.05, 0) is 39.1 Å². The number of amides is 1. The van der Waals surface area contributed by atoms with E-state index < -0.39 is 27.8 Å². The molecule has 1 fully saturated rings. The molecule has 0 aliphatic carbocycles. The van der Waals surface area contributed by atoms with E-state index in [-0.39, 0.29) is 5.69 Å². The van der Waals surface area contributed by atoms with E-state index in [0.717, 1.165) is 12.1 Å². The average molecular weight is 409 g/mol. The molecule has 0 spiro atoms. The Labute approximate surface area is 164 Å². The molecule has 28 heavy (non-hydrogen) atoms. The van der Waals surface area contributed by atoms with Gasteiger partial charge in [0.05, 0.1) is 18.5 Å². The second-order valence-electron chi connectivity index (χ2n) is 7.16. The van der Waals surface area contributed by atoms with E-state index in [0.29, 0.717) is 31.6 Å². The van der Waals surface area contributed by atoms with Crippen LogP contribution < -0.4 is 9.62 Å². The second kappa shape index (κ2) is 7.98. The maximum Gasteiger partial charge on any atom is 0.245 e. The number of benzene rings is 1. The molecule has 3 rings (SSSR count). The molecule has 0 bridgehead atoms. The summed E-state index contributed by atoms with van der Waals surface area (Å²) in [5, 5.41) is 0. The Bertz CT molecular complexity index is 973. The maximum atomic E-state index is 14.9.